The Hall–Kier alpha value is -0.960. The van der Waals surface area contributed by atoms with Crippen molar-refractivity contribution in [3.05, 3.63) is 23.6 Å². The van der Waals surface area contributed by atoms with Gasteiger partial charge in [-0.25, -0.2) is 0 Å². The first-order chi connectivity index (χ1) is 9.73. The molecule has 3 nitrogen and oxygen atoms in total. The minimum atomic E-state index is 0.172. The molecule has 3 heteroatoms. The van der Waals surface area contributed by atoms with Gasteiger partial charge in [-0.2, -0.15) is 0 Å². The van der Waals surface area contributed by atoms with E-state index < -0.39 is 0 Å². The highest BCUT2D eigenvalue weighted by Crippen LogP contribution is 2.59. The molecule has 1 fully saturated rings. The highest BCUT2D eigenvalue weighted by atomic mass is 16.7. The van der Waals surface area contributed by atoms with Gasteiger partial charge in [0.05, 0.1) is 24.8 Å². The third kappa shape index (κ3) is 1.68. The van der Waals surface area contributed by atoms with Gasteiger partial charge >= 0.3 is 0 Å². The largest absolute Gasteiger partial charge is 0.494 e. The van der Waals surface area contributed by atoms with E-state index in [0.29, 0.717) is 12.0 Å². The van der Waals surface area contributed by atoms with E-state index >= 15 is 0 Å². The molecule has 4 atom stereocenters. The molecule has 0 amide bonds. The van der Waals surface area contributed by atoms with Crippen LogP contribution in [0.4, 0.5) is 0 Å². The van der Waals surface area contributed by atoms with Crippen LogP contribution in [0.25, 0.3) is 0 Å². The Morgan fingerprint density at radius 2 is 2.25 bits per heavy atom. The first kappa shape index (κ1) is 12.8. The molecule has 0 aromatic rings. The molecule has 0 aromatic carbocycles. The van der Waals surface area contributed by atoms with Gasteiger partial charge in [0, 0.05) is 18.5 Å². The fourth-order valence-electron chi connectivity index (χ4n) is 4.98. The Kier molecular flexibility index (Phi) is 2.88. The predicted octanol–water partition coefficient (Wildman–Crippen LogP) is 3.64. The van der Waals surface area contributed by atoms with Crippen molar-refractivity contribution in [2.45, 2.75) is 51.6 Å². The zero-order chi connectivity index (χ0) is 13.7. The van der Waals surface area contributed by atoms with Crippen molar-refractivity contribution in [1.82, 2.24) is 5.06 Å². The summed E-state index contributed by atoms with van der Waals surface area (Å²) in [5.41, 5.74) is 1.81. The molecule has 1 spiro atoms. The first-order valence-electron chi connectivity index (χ1n) is 8.13. The van der Waals surface area contributed by atoms with Crippen LogP contribution in [0.3, 0.4) is 0 Å². The van der Waals surface area contributed by atoms with Crippen LogP contribution in [0.2, 0.25) is 0 Å². The first-order valence-corrected chi connectivity index (χ1v) is 8.13. The average molecular weight is 275 g/mol. The molecule has 0 saturated heterocycles. The number of ether oxygens (including phenoxy) is 1. The fraction of sp³-hybridized carbons (Fsp3) is 0.765. The molecule has 0 bridgehead atoms. The maximum absolute atomic E-state index is 6.42. The molecule has 2 unspecified atom stereocenters. The molecule has 4 rings (SSSR count). The second kappa shape index (κ2) is 4.52. The third-order valence-electron chi connectivity index (χ3n) is 5.81. The van der Waals surface area contributed by atoms with Crippen molar-refractivity contribution in [3.63, 3.8) is 0 Å². The number of rotatable bonds is 1. The lowest BCUT2D eigenvalue weighted by molar-refractivity contribution is -0.0944. The van der Waals surface area contributed by atoms with E-state index in [1.54, 1.807) is 12.7 Å². The van der Waals surface area contributed by atoms with E-state index in [-0.39, 0.29) is 5.41 Å². The fourth-order valence-corrected chi connectivity index (χ4v) is 4.98. The van der Waals surface area contributed by atoms with Gasteiger partial charge in [-0.15, -0.1) is 0 Å². The molecule has 20 heavy (non-hydrogen) atoms. The van der Waals surface area contributed by atoms with Gasteiger partial charge in [-0.1, -0.05) is 13.0 Å². The lowest BCUT2D eigenvalue weighted by atomic mass is 9.61. The van der Waals surface area contributed by atoms with E-state index in [2.05, 4.69) is 19.2 Å². The van der Waals surface area contributed by atoms with Crippen molar-refractivity contribution < 1.29 is 9.57 Å². The molecule has 0 aromatic heterocycles. The van der Waals surface area contributed by atoms with E-state index in [9.17, 15) is 0 Å². The predicted molar refractivity (Wildman–Crippen MR) is 77.5 cm³/mol. The van der Waals surface area contributed by atoms with Crippen molar-refractivity contribution in [2.75, 3.05) is 13.7 Å². The Balaban J connectivity index is 1.81. The lowest BCUT2D eigenvalue weighted by Gasteiger charge is -2.41. The van der Waals surface area contributed by atoms with Gasteiger partial charge in [-0.3, -0.25) is 9.90 Å². The van der Waals surface area contributed by atoms with Gasteiger partial charge in [0.25, 0.3) is 0 Å². The highest BCUT2D eigenvalue weighted by molar-refractivity contribution is 5.37. The number of hydrogen-bond acceptors (Lipinski definition) is 3. The summed E-state index contributed by atoms with van der Waals surface area (Å²) >= 11 is 0. The lowest BCUT2D eigenvalue weighted by Crippen LogP contribution is -2.39. The Bertz CT molecular complexity index is 470. The zero-order valence-electron chi connectivity index (χ0n) is 12.6. The molecular formula is C17H25NO2. The monoisotopic (exact) mass is 275 g/mol. The van der Waals surface area contributed by atoms with Gasteiger partial charge in [0.15, 0.2) is 0 Å². The van der Waals surface area contributed by atoms with Crippen LogP contribution >= 0.6 is 0 Å². The highest BCUT2D eigenvalue weighted by Gasteiger charge is 2.55. The van der Waals surface area contributed by atoms with Crippen LogP contribution in [0.5, 0.6) is 0 Å². The second-order valence-corrected chi connectivity index (χ2v) is 7.06. The topological polar surface area (TPSA) is 21.7 Å². The van der Waals surface area contributed by atoms with Crippen LogP contribution in [0.15, 0.2) is 23.6 Å². The Morgan fingerprint density at radius 3 is 3.10 bits per heavy atom. The number of hydrogen-bond donors (Lipinski definition) is 0. The van der Waals surface area contributed by atoms with E-state index in [0.717, 1.165) is 18.9 Å². The molecule has 2 aliphatic carbocycles. The molecule has 2 aliphatic heterocycles. The summed E-state index contributed by atoms with van der Waals surface area (Å²) in [6.45, 7) is 3.38. The summed E-state index contributed by atoms with van der Waals surface area (Å²) in [5, 5.41) is 2.02. The van der Waals surface area contributed by atoms with Gasteiger partial charge in [0.1, 0.15) is 6.10 Å². The van der Waals surface area contributed by atoms with Crippen LogP contribution in [0.1, 0.15) is 45.4 Å². The average Bonchev–Trinajstić information content (AvgIpc) is 2.68. The number of nitrogens with zero attached hydrogens (tertiary/aromatic N) is 1. The molecule has 0 N–H and O–H groups in total. The van der Waals surface area contributed by atoms with Gasteiger partial charge in [0.2, 0.25) is 0 Å². The van der Waals surface area contributed by atoms with Crippen LogP contribution in [-0.2, 0) is 9.57 Å². The number of hydroxylamine groups is 2. The van der Waals surface area contributed by atoms with Crippen molar-refractivity contribution in [1.29, 1.82) is 0 Å². The van der Waals surface area contributed by atoms with Gasteiger partial charge in [-0.05, 0) is 43.6 Å². The maximum Gasteiger partial charge on any atom is 0.111 e. The standard InChI is InChI=1S/C17H25NO2/c1-12-6-7-15-17(10-12)8-9-18(19-2)11-13-4-3-5-14(20-15)16(13)17/h8-9,12-13,15H,3-7,10-11H2,1-2H3/t12?,13-,15+,17?/m1/s1. The molecule has 1 saturated carbocycles. The molecule has 4 aliphatic rings. The Labute approximate surface area is 121 Å². The van der Waals surface area contributed by atoms with Crippen LogP contribution < -0.4 is 0 Å². The zero-order valence-corrected chi connectivity index (χ0v) is 12.6. The summed E-state index contributed by atoms with van der Waals surface area (Å²) in [4.78, 5) is 5.51. The van der Waals surface area contributed by atoms with Crippen LogP contribution in [0, 0.1) is 17.3 Å². The minimum Gasteiger partial charge on any atom is -0.494 e. The SMILES string of the molecule is CON1C=CC23CC(C)CC[C@@H]2OC2=C3[C@H](CCC2)C1. The van der Waals surface area contributed by atoms with Crippen molar-refractivity contribution >= 4 is 0 Å². The molecule has 0 radical (unpaired) electrons. The van der Waals surface area contributed by atoms with Crippen molar-refractivity contribution in [2.24, 2.45) is 17.3 Å². The number of allylic oxidation sites excluding steroid dienone is 1. The maximum atomic E-state index is 6.42. The van der Waals surface area contributed by atoms with E-state index in [1.807, 2.05) is 5.06 Å². The van der Waals surface area contributed by atoms with Gasteiger partial charge < -0.3 is 4.74 Å². The summed E-state index contributed by atoms with van der Waals surface area (Å²) < 4.78 is 6.42. The van der Waals surface area contributed by atoms with E-state index in [1.165, 1.54) is 37.9 Å². The summed E-state index contributed by atoms with van der Waals surface area (Å²) in [7, 11) is 1.78. The normalized spacial score (nSPS) is 42.9. The molecule has 110 valence electrons. The Morgan fingerprint density at radius 1 is 1.35 bits per heavy atom. The molecule has 2 heterocycles. The molecular weight excluding hydrogens is 250 g/mol. The quantitative estimate of drug-likeness (QED) is 0.729. The minimum absolute atomic E-state index is 0.172. The van der Waals surface area contributed by atoms with E-state index in [4.69, 9.17) is 9.57 Å². The third-order valence-corrected chi connectivity index (χ3v) is 5.81. The summed E-state index contributed by atoms with van der Waals surface area (Å²) in [6.07, 6.45) is 12.4. The smallest absolute Gasteiger partial charge is 0.111 e. The second-order valence-electron chi connectivity index (χ2n) is 7.06. The summed E-state index contributed by atoms with van der Waals surface area (Å²) in [6, 6.07) is 0. The van der Waals surface area contributed by atoms with Crippen molar-refractivity contribution in [3.8, 4) is 0 Å². The summed E-state index contributed by atoms with van der Waals surface area (Å²) in [5.74, 6) is 2.75. The van der Waals surface area contributed by atoms with Crippen LogP contribution in [-0.4, -0.2) is 24.8 Å².